The van der Waals surface area contributed by atoms with Crippen molar-refractivity contribution in [1.29, 1.82) is 0 Å². The Bertz CT molecular complexity index is 1070. The molecule has 31 heavy (non-hydrogen) atoms. The number of carbonyl (C=O) groups is 2. The quantitative estimate of drug-likeness (QED) is 0.615. The molecule has 7 heteroatoms. The highest BCUT2D eigenvalue weighted by atomic mass is 16.5. The summed E-state index contributed by atoms with van der Waals surface area (Å²) in [6.07, 6.45) is 3.77. The lowest BCUT2D eigenvalue weighted by atomic mass is 9.97. The van der Waals surface area contributed by atoms with Gasteiger partial charge < -0.3 is 20.4 Å². The molecular weight excluding hydrogens is 392 g/mol. The molecule has 3 N–H and O–H groups in total. The van der Waals surface area contributed by atoms with Gasteiger partial charge in [0.05, 0.1) is 13.0 Å². The van der Waals surface area contributed by atoms with Gasteiger partial charge in [-0.05, 0) is 61.3 Å². The molecule has 1 unspecified atom stereocenters. The smallest absolute Gasteiger partial charge is 0.244 e. The van der Waals surface area contributed by atoms with Crippen molar-refractivity contribution in [2.24, 2.45) is 11.7 Å². The van der Waals surface area contributed by atoms with Crippen LogP contribution in [0.2, 0.25) is 0 Å². The zero-order valence-corrected chi connectivity index (χ0v) is 17.7. The van der Waals surface area contributed by atoms with E-state index in [1.165, 1.54) is 0 Å². The van der Waals surface area contributed by atoms with Crippen LogP contribution in [0, 0.1) is 5.92 Å². The number of aromatic nitrogens is 1. The monoisotopic (exact) mass is 420 g/mol. The summed E-state index contributed by atoms with van der Waals surface area (Å²) in [5, 5.41) is 4.00. The number of rotatable bonds is 7. The highest BCUT2D eigenvalue weighted by Crippen LogP contribution is 2.22. The predicted molar refractivity (Wildman–Crippen MR) is 121 cm³/mol. The Morgan fingerprint density at radius 2 is 1.97 bits per heavy atom. The normalized spacial score (nSPS) is 16.9. The van der Waals surface area contributed by atoms with Crippen molar-refractivity contribution in [1.82, 2.24) is 9.47 Å². The van der Waals surface area contributed by atoms with Gasteiger partial charge in [-0.3, -0.25) is 14.5 Å². The molecule has 1 aliphatic rings. The zero-order valence-electron chi connectivity index (χ0n) is 17.7. The Balaban J connectivity index is 1.33. The minimum absolute atomic E-state index is 0.0573. The summed E-state index contributed by atoms with van der Waals surface area (Å²) in [5.41, 5.74) is 8.37. The zero-order chi connectivity index (χ0) is 21.8. The van der Waals surface area contributed by atoms with E-state index in [2.05, 4.69) is 10.2 Å². The van der Waals surface area contributed by atoms with Gasteiger partial charge in [-0.25, -0.2) is 0 Å². The molecule has 0 spiro atoms. The van der Waals surface area contributed by atoms with Crippen LogP contribution in [0.1, 0.15) is 18.4 Å². The van der Waals surface area contributed by atoms with Crippen molar-refractivity contribution in [3.63, 3.8) is 0 Å². The van der Waals surface area contributed by atoms with Crippen LogP contribution in [0.5, 0.6) is 5.75 Å². The molecule has 1 aromatic heterocycles. The van der Waals surface area contributed by atoms with Crippen LogP contribution in [0.4, 0.5) is 5.69 Å². The first kappa shape index (κ1) is 20.9. The largest absolute Gasteiger partial charge is 0.497 e. The van der Waals surface area contributed by atoms with Crippen molar-refractivity contribution in [3.8, 4) is 5.75 Å². The molecule has 0 radical (unpaired) electrons. The van der Waals surface area contributed by atoms with Gasteiger partial charge in [0.25, 0.3) is 0 Å². The molecule has 2 amide bonds. The summed E-state index contributed by atoms with van der Waals surface area (Å²) in [5.74, 6) is 0.446. The van der Waals surface area contributed by atoms with Gasteiger partial charge in [-0.2, -0.15) is 0 Å². The number of amides is 2. The van der Waals surface area contributed by atoms with E-state index in [1.54, 1.807) is 7.11 Å². The van der Waals surface area contributed by atoms with Gasteiger partial charge in [-0.1, -0.05) is 12.1 Å². The number of carbonyl (C=O) groups excluding carboxylic acids is 2. The molecule has 4 rings (SSSR count). The molecule has 162 valence electrons. The third-order valence-electron chi connectivity index (χ3n) is 5.84. The van der Waals surface area contributed by atoms with Crippen LogP contribution in [-0.4, -0.2) is 41.5 Å². The maximum absolute atomic E-state index is 12.5. The number of nitrogens with one attached hydrogen (secondary N) is 1. The number of nitrogens with zero attached hydrogens (tertiary/aromatic N) is 2. The number of ether oxygens (including phenoxy) is 1. The number of piperidine rings is 1. The van der Waals surface area contributed by atoms with E-state index in [-0.39, 0.29) is 24.3 Å². The van der Waals surface area contributed by atoms with Gasteiger partial charge in [-0.15, -0.1) is 0 Å². The first-order valence-corrected chi connectivity index (χ1v) is 10.5. The lowest BCUT2D eigenvalue weighted by Gasteiger charge is -2.31. The third-order valence-corrected chi connectivity index (χ3v) is 5.84. The van der Waals surface area contributed by atoms with Crippen molar-refractivity contribution in [3.05, 3.63) is 60.3 Å². The van der Waals surface area contributed by atoms with Crippen molar-refractivity contribution in [2.75, 3.05) is 25.5 Å². The number of benzene rings is 2. The summed E-state index contributed by atoms with van der Waals surface area (Å²) in [6, 6.07) is 15.6. The number of anilines is 1. The highest BCUT2D eigenvalue weighted by molar-refractivity contribution is 5.92. The Hall–Kier alpha value is -3.32. The van der Waals surface area contributed by atoms with E-state index in [0.717, 1.165) is 53.8 Å². The van der Waals surface area contributed by atoms with Crippen molar-refractivity contribution in [2.45, 2.75) is 25.9 Å². The average Bonchev–Trinajstić information content (AvgIpc) is 3.17. The summed E-state index contributed by atoms with van der Waals surface area (Å²) in [6.45, 7) is 2.69. The number of hydrogen-bond donors (Lipinski definition) is 2. The average molecular weight is 421 g/mol. The molecule has 0 bridgehead atoms. The van der Waals surface area contributed by atoms with Crippen molar-refractivity contribution < 1.29 is 14.3 Å². The van der Waals surface area contributed by atoms with Crippen LogP contribution in [-0.2, 0) is 22.7 Å². The first-order valence-electron chi connectivity index (χ1n) is 10.5. The molecule has 3 aromatic rings. The molecular formula is C24H28N4O3. The van der Waals surface area contributed by atoms with Gasteiger partial charge in [0.15, 0.2) is 0 Å². The van der Waals surface area contributed by atoms with E-state index in [1.807, 2.05) is 59.3 Å². The standard InChI is InChI=1S/C24H28N4O3/c1-31-21-8-9-22-18(13-21)10-12-28(22)16-23(29)26-20-6-4-17(5-7-20)14-27-11-2-3-19(15-27)24(25)30/h4-10,12-13,19H,2-3,11,14-16H2,1H3,(H2,25,30)(H,26,29). The number of likely N-dealkylation sites (tertiary alicyclic amines) is 1. The second-order valence-corrected chi connectivity index (χ2v) is 8.09. The highest BCUT2D eigenvalue weighted by Gasteiger charge is 2.23. The van der Waals surface area contributed by atoms with Gasteiger partial charge >= 0.3 is 0 Å². The fourth-order valence-corrected chi connectivity index (χ4v) is 4.18. The number of hydrogen-bond acceptors (Lipinski definition) is 4. The number of nitrogens with two attached hydrogens (primary N) is 1. The van der Waals surface area contributed by atoms with Crippen LogP contribution in [0.25, 0.3) is 10.9 Å². The fourth-order valence-electron chi connectivity index (χ4n) is 4.18. The van der Waals surface area contributed by atoms with Gasteiger partial charge in [0.1, 0.15) is 12.3 Å². The number of primary amides is 1. The van der Waals surface area contributed by atoms with Crippen LogP contribution >= 0.6 is 0 Å². The molecule has 1 saturated heterocycles. The summed E-state index contributed by atoms with van der Waals surface area (Å²) in [7, 11) is 1.64. The first-order chi connectivity index (χ1) is 15.0. The lowest BCUT2D eigenvalue weighted by molar-refractivity contribution is -0.123. The van der Waals surface area contributed by atoms with Gasteiger partial charge in [0, 0.05) is 35.9 Å². The van der Waals surface area contributed by atoms with E-state index in [0.29, 0.717) is 6.54 Å². The minimum atomic E-state index is -0.211. The van der Waals surface area contributed by atoms with E-state index < -0.39 is 0 Å². The van der Waals surface area contributed by atoms with E-state index in [4.69, 9.17) is 10.5 Å². The Kier molecular flexibility index (Phi) is 6.23. The number of methoxy groups -OCH3 is 1. The topological polar surface area (TPSA) is 89.6 Å². The van der Waals surface area contributed by atoms with Crippen LogP contribution < -0.4 is 15.8 Å². The Morgan fingerprint density at radius 3 is 2.71 bits per heavy atom. The minimum Gasteiger partial charge on any atom is -0.497 e. The second kappa shape index (κ2) is 9.22. The molecule has 1 atom stereocenters. The second-order valence-electron chi connectivity index (χ2n) is 8.09. The molecule has 2 heterocycles. The van der Waals surface area contributed by atoms with Crippen molar-refractivity contribution >= 4 is 28.4 Å². The third kappa shape index (κ3) is 5.06. The summed E-state index contributed by atoms with van der Waals surface area (Å²) < 4.78 is 7.17. The summed E-state index contributed by atoms with van der Waals surface area (Å²) >= 11 is 0. The lowest BCUT2D eigenvalue weighted by Crippen LogP contribution is -2.40. The van der Waals surface area contributed by atoms with E-state index in [9.17, 15) is 9.59 Å². The molecule has 7 nitrogen and oxygen atoms in total. The Labute approximate surface area is 181 Å². The Morgan fingerprint density at radius 1 is 1.16 bits per heavy atom. The fraction of sp³-hybridized carbons (Fsp3) is 0.333. The molecule has 0 aliphatic carbocycles. The van der Waals surface area contributed by atoms with E-state index >= 15 is 0 Å². The SMILES string of the molecule is COc1ccc2c(ccn2CC(=O)Nc2ccc(CN3CCCC(C(N)=O)C3)cc2)c1. The maximum atomic E-state index is 12.5. The summed E-state index contributed by atoms with van der Waals surface area (Å²) in [4.78, 5) is 26.3. The molecule has 0 saturated carbocycles. The van der Waals surface area contributed by atoms with Crippen LogP contribution in [0.15, 0.2) is 54.7 Å². The molecule has 1 aliphatic heterocycles. The number of fused-ring (bicyclic) bond motifs is 1. The maximum Gasteiger partial charge on any atom is 0.244 e. The molecule has 2 aromatic carbocycles. The van der Waals surface area contributed by atoms with Gasteiger partial charge in [0.2, 0.25) is 11.8 Å². The predicted octanol–water partition coefficient (Wildman–Crippen LogP) is 2.99. The van der Waals surface area contributed by atoms with Crippen LogP contribution in [0.3, 0.4) is 0 Å². The molecule has 1 fully saturated rings.